The number of carbonyl (C=O) groups excluding carboxylic acids is 1. The number of hydrogen-bond acceptors (Lipinski definition) is 3. The fraction of sp³-hybridized carbons (Fsp3) is 0.533. The van der Waals surface area contributed by atoms with Gasteiger partial charge in [0.05, 0.1) is 18.3 Å². The molecule has 1 aromatic carbocycles. The largest absolute Gasteiger partial charge is 0.493 e. The normalized spacial score (nSPS) is 18.8. The third kappa shape index (κ3) is 3.33. The fourth-order valence-electron chi connectivity index (χ4n) is 2.16. The van der Waals surface area contributed by atoms with Gasteiger partial charge in [0.15, 0.2) is 5.78 Å². The van der Waals surface area contributed by atoms with Crippen LogP contribution in [-0.4, -0.2) is 25.1 Å². The zero-order valence-corrected chi connectivity index (χ0v) is 10.9. The highest BCUT2D eigenvalue weighted by Gasteiger charge is 2.21. The quantitative estimate of drug-likeness (QED) is 0.725. The lowest BCUT2D eigenvalue weighted by Crippen LogP contribution is -2.13. The van der Waals surface area contributed by atoms with Crippen LogP contribution in [0.15, 0.2) is 24.3 Å². The second-order valence-electron chi connectivity index (χ2n) is 4.61. The SMILES string of the molecule is CCCOc1ccccc1C(=O)CC1CCCO1. The first-order chi connectivity index (χ1) is 8.81. The van der Waals surface area contributed by atoms with Crippen molar-refractivity contribution in [2.75, 3.05) is 13.2 Å². The summed E-state index contributed by atoms with van der Waals surface area (Å²) in [5.41, 5.74) is 0.682. The van der Waals surface area contributed by atoms with Crippen LogP contribution in [0.2, 0.25) is 0 Å². The Morgan fingerprint density at radius 1 is 1.44 bits per heavy atom. The standard InChI is InChI=1S/C15H20O3/c1-2-9-18-15-8-4-3-7-13(15)14(16)11-12-6-5-10-17-12/h3-4,7-8,12H,2,5-6,9-11H2,1H3. The van der Waals surface area contributed by atoms with Crippen molar-refractivity contribution in [3.8, 4) is 5.75 Å². The maximum Gasteiger partial charge on any atom is 0.169 e. The third-order valence-corrected chi connectivity index (χ3v) is 3.09. The number of benzene rings is 1. The van der Waals surface area contributed by atoms with E-state index in [1.807, 2.05) is 24.3 Å². The number of rotatable bonds is 6. The summed E-state index contributed by atoms with van der Waals surface area (Å²) in [6.45, 7) is 3.48. The number of hydrogen-bond donors (Lipinski definition) is 0. The molecule has 0 bridgehead atoms. The molecule has 0 saturated carbocycles. The molecule has 2 rings (SSSR count). The molecule has 18 heavy (non-hydrogen) atoms. The highest BCUT2D eigenvalue weighted by Crippen LogP contribution is 2.23. The minimum Gasteiger partial charge on any atom is -0.493 e. The van der Waals surface area contributed by atoms with Crippen LogP contribution in [-0.2, 0) is 4.74 Å². The maximum atomic E-state index is 12.2. The minimum atomic E-state index is 0.0942. The summed E-state index contributed by atoms with van der Waals surface area (Å²) in [7, 11) is 0. The summed E-state index contributed by atoms with van der Waals surface area (Å²) in [6, 6.07) is 7.47. The van der Waals surface area contributed by atoms with E-state index in [0.29, 0.717) is 24.3 Å². The smallest absolute Gasteiger partial charge is 0.169 e. The fourth-order valence-corrected chi connectivity index (χ4v) is 2.16. The molecular weight excluding hydrogens is 228 g/mol. The molecule has 0 radical (unpaired) electrons. The van der Waals surface area contributed by atoms with E-state index in [4.69, 9.17) is 9.47 Å². The van der Waals surface area contributed by atoms with Gasteiger partial charge in [-0.15, -0.1) is 0 Å². The molecule has 1 heterocycles. The van der Waals surface area contributed by atoms with Crippen molar-refractivity contribution < 1.29 is 14.3 Å². The van der Waals surface area contributed by atoms with Crippen molar-refractivity contribution >= 4 is 5.78 Å². The zero-order valence-electron chi connectivity index (χ0n) is 10.9. The molecule has 3 heteroatoms. The van der Waals surface area contributed by atoms with Gasteiger partial charge in [0.2, 0.25) is 0 Å². The highest BCUT2D eigenvalue weighted by molar-refractivity contribution is 5.98. The summed E-state index contributed by atoms with van der Waals surface area (Å²) in [6.07, 6.45) is 3.55. The molecule has 1 unspecified atom stereocenters. The Morgan fingerprint density at radius 2 is 2.28 bits per heavy atom. The molecule has 3 nitrogen and oxygen atoms in total. The lowest BCUT2D eigenvalue weighted by molar-refractivity contribution is 0.0772. The summed E-state index contributed by atoms with van der Waals surface area (Å²) < 4.78 is 11.1. The van der Waals surface area contributed by atoms with E-state index in [1.165, 1.54) is 0 Å². The first-order valence-corrected chi connectivity index (χ1v) is 6.68. The van der Waals surface area contributed by atoms with Gasteiger partial charge in [-0.1, -0.05) is 19.1 Å². The summed E-state index contributed by atoms with van der Waals surface area (Å²) >= 11 is 0. The Bertz CT molecular complexity index is 394. The second kappa shape index (κ2) is 6.55. The molecule has 1 aliphatic heterocycles. The van der Waals surface area contributed by atoms with Crippen molar-refractivity contribution in [2.24, 2.45) is 0 Å². The first kappa shape index (κ1) is 13.1. The summed E-state index contributed by atoms with van der Waals surface area (Å²) in [4.78, 5) is 12.2. The van der Waals surface area contributed by atoms with Crippen LogP contribution >= 0.6 is 0 Å². The van der Waals surface area contributed by atoms with Crippen LogP contribution in [0.25, 0.3) is 0 Å². The molecule has 0 aromatic heterocycles. The summed E-state index contributed by atoms with van der Waals surface area (Å²) in [5, 5.41) is 0. The van der Waals surface area contributed by atoms with Crippen molar-refractivity contribution in [2.45, 2.75) is 38.7 Å². The van der Waals surface area contributed by atoms with Gasteiger partial charge in [-0.3, -0.25) is 4.79 Å². The molecule has 0 spiro atoms. The Kier molecular flexibility index (Phi) is 4.76. The number of ether oxygens (including phenoxy) is 2. The zero-order chi connectivity index (χ0) is 12.8. The van der Waals surface area contributed by atoms with Gasteiger partial charge in [-0.25, -0.2) is 0 Å². The van der Waals surface area contributed by atoms with Crippen molar-refractivity contribution in [3.05, 3.63) is 29.8 Å². The maximum absolute atomic E-state index is 12.2. The van der Waals surface area contributed by atoms with Gasteiger partial charge in [0.25, 0.3) is 0 Å². The van der Waals surface area contributed by atoms with Gasteiger partial charge in [-0.2, -0.15) is 0 Å². The topological polar surface area (TPSA) is 35.5 Å². The van der Waals surface area contributed by atoms with Gasteiger partial charge in [-0.05, 0) is 31.4 Å². The van der Waals surface area contributed by atoms with Crippen LogP contribution in [0.4, 0.5) is 0 Å². The van der Waals surface area contributed by atoms with Gasteiger partial charge in [0, 0.05) is 13.0 Å². The van der Waals surface area contributed by atoms with Gasteiger partial charge < -0.3 is 9.47 Å². The van der Waals surface area contributed by atoms with Gasteiger partial charge in [0.1, 0.15) is 5.75 Å². The molecule has 1 aromatic rings. The molecule has 1 fully saturated rings. The molecule has 0 aliphatic carbocycles. The second-order valence-corrected chi connectivity index (χ2v) is 4.61. The van der Waals surface area contributed by atoms with E-state index in [-0.39, 0.29) is 11.9 Å². The highest BCUT2D eigenvalue weighted by atomic mass is 16.5. The van der Waals surface area contributed by atoms with Crippen LogP contribution < -0.4 is 4.74 Å². The van der Waals surface area contributed by atoms with E-state index < -0.39 is 0 Å². The third-order valence-electron chi connectivity index (χ3n) is 3.09. The molecule has 0 N–H and O–H groups in total. The Labute approximate surface area is 108 Å². The number of Topliss-reactive ketones (excluding diaryl/α,β-unsaturated/α-hetero) is 1. The van der Waals surface area contributed by atoms with E-state index >= 15 is 0 Å². The van der Waals surface area contributed by atoms with Crippen molar-refractivity contribution in [3.63, 3.8) is 0 Å². The van der Waals surface area contributed by atoms with E-state index in [0.717, 1.165) is 25.9 Å². The van der Waals surface area contributed by atoms with Crippen molar-refractivity contribution in [1.29, 1.82) is 0 Å². The Balaban J connectivity index is 2.03. The average molecular weight is 248 g/mol. The molecule has 1 saturated heterocycles. The Morgan fingerprint density at radius 3 is 3.00 bits per heavy atom. The molecular formula is C15H20O3. The Hall–Kier alpha value is -1.35. The predicted octanol–water partition coefficient (Wildman–Crippen LogP) is 3.23. The van der Waals surface area contributed by atoms with Crippen LogP contribution in [0.3, 0.4) is 0 Å². The minimum absolute atomic E-state index is 0.0942. The molecule has 1 aliphatic rings. The van der Waals surface area contributed by atoms with Crippen LogP contribution in [0, 0.1) is 0 Å². The van der Waals surface area contributed by atoms with E-state index in [2.05, 4.69) is 6.92 Å². The monoisotopic (exact) mass is 248 g/mol. The number of ketones is 1. The average Bonchev–Trinajstić information content (AvgIpc) is 2.89. The molecule has 1 atom stereocenters. The first-order valence-electron chi connectivity index (χ1n) is 6.68. The van der Waals surface area contributed by atoms with Gasteiger partial charge >= 0.3 is 0 Å². The van der Waals surface area contributed by atoms with Crippen LogP contribution in [0.5, 0.6) is 5.75 Å². The molecule has 0 amide bonds. The summed E-state index contributed by atoms with van der Waals surface area (Å²) in [5.74, 6) is 0.816. The van der Waals surface area contributed by atoms with Crippen molar-refractivity contribution in [1.82, 2.24) is 0 Å². The number of para-hydroxylation sites is 1. The molecule has 98 valence electrons. The van der Waals surface area contributed by atoms with Crippen LogP contribution in [0.1, 0.15) is 43.0 Å². The number of carbonyl (C=O) groups is 1. The van der Waals surface area contributed by atoms with E-state index in [9.17, 15) is 4.79 Å². The van der Waals surface area contributed by atoms with E-state index in [1.54, 1.807) is 0 Å². The lowest BCUT2D eigenvalue weighted by atomic mass is 10.0. The predicted molar refractivity (Wildman–Crippen MR) is 70.1 cm³/mol. The lowest BCUT2D eigenvalue weighted by Gasteiger charge is -2.12.